The number of alkyl halides is 16. The number of carbonyl (C=O) groups excluding carboxylic acids is 1. The predicted molar refractivity (Wildman–Crippen MR) is 251 cm³/mol. The van der Waals surface area contributed by atoms with E-state index in [-0.39, 0.29) is 22.8 Å². The molecule has 7 rings (SSSR count). The van der Waals surface area contributed by atoms with Gasteiger partial charge in [0.1, 0.15) is 34.5 Å². The smallest absolute Gasteiger partial charge is 0.442 e. The SMILES string of the molecule is Cc1ccc(C(=O)c2ccc(Oc3ccc(C(c4ccc(Oc5ccc(SC(F)(F)C(F)(F)S(=O)(=O)O)c(Oc6ccc(C(c7ccc(C)cc7)(C(F)(F)F)C(F)(F)F)cc6)c5)cc4)(C(F)(F)F)C(F)(F)F)cc3)cc2)cc1. The fourth-order valence-corrected chi connectivity index (χ4v) is 9.57. The Kier molecular flexibility index (Phi) is 15.6. The fourth-order valence-electron chi connectivity index (χ4n) is 8.10. The molecule has 7 nitrogen and oxygen atoms in total. The number of benzene rings is 7. The molecule has 0 amide bonds. The second-order valence-electron chi connectivity index (χ2n) is 17.2. The zero-order valence-electron chi connectivity index (χ0n) is 39.3. The normalized spacial score (nSPS) is 13.3. The van der Waals surface area contributed by atoms with Gasteiger partial charge in [0.05, 0.1) is 4.90 Å². The largest absolute Gasteiger partial charge is 0.457 e. The molecular formula is C53H34F16O7S2. The molecule has 0 aliphatic heterocycles. The summed E-state index contributed by atoms with van der Waals surface area (Å²) in [7, 11) is -6.85. The minimum absolute atomic E-state index is 0.0635. The number of rotatable bonds is 16. The van der Waals surface area contributed by atoms with Crippen LogP contribution >= 0.6 is 11.8 Å². The summed E-state index contributed by atoms with van der Waals surface area (Å²) in [6.45, 7) is 3.22. The monoisotopic (exact) mass is 1150 g/mol. The summed E-state index contributed by atoms with van der Waals surface area (Å²) in [4.78, 5) is 11.7. The van der Waals surface area contributed by atoms with Crippen molar-refractivity contribution in [3.8, 4) is 34.5 Å². The van der Waals surface area contributed by atoms with Crippen molar-refractivity contribution in [3.05, 3.63) is 208 Å². The zero-order valence-corrected chi connectivity index (χ0v) is 41.0. The first-order chi connectivity index (χ1) is 36.0. The van der Waals surface area contributed by atoms with Gasteiger partial charge in [0, 0.05) is 17.2 Å². The Labute approximate surface area is 436 Å². The molecule has 0 aromatic heterocycles. The molecule has 0 fully saturated rings. The lowest BCUT2D eigenvalue weighted by molar-refractivity contribution is -0.290. The molecule has 0 atom stereocenters. The summed E-state index contributed by atoms with van der Waals surface area (Å²) in [6.07, 6.45) is -24.3. The lowest BCUT2D eigenvalue weighted by atomic mass is 9.72. The molecular weight excluding hydrogens is 1120 g/mol. The van der Waals surface area contributed by atoms with Gasteiger partial charge in [0.2, 0.25) is 10.8 Å². The Morgan fingerprint density at radius 3 is 1.04 bits per heavy atom. The Bertz CT molecular complexity index is 3350. The lowest BCUT2D eigenvalue weighted by Gasteiger charge is -2.38. The van der Waals surface area contributed by atoms with Crippen molar-refractivity contribution >= 4 is 27.7 Å². The van der Waals surface area contributed by atoms with Gasteiger partial charge in [-0.25, -0.2) is 0 Å². The van der Waals surface area contributed by atoms with E-state index in [4.69, 9.17) is 18.8 Å². The number of ketones is 1. The van der Waals surface area contributed by atoms with Crippen LogP contribution in [0.5, 0.6) is 34.5 Å². The number of hydrogen-bond donors (Lipinski definition) is 1. The van der Waals surface area contributed by atoms with E-state index in [0.717, 1.165) is 29.8 Å². The van der Waals surface area contributed by atoms with E-state index in [0.29, 0.717) is 102 Å². The molecule has 7 aromatic carbocycles. The number of carbonyl (C=O) groups is 1. The molecule has 0 saturated carbocycles. The molecule has 0 bridgehead atoms. The topological polar surface area (TPSA) is 99.1 Å². The average Bonchev–Trinajstić information content (AvgIpc) is 3.36. The summed E-state index contributed by atoms with van der Waals surface area (Å²) in [6, 6.07) is 23.3. The van der Waals surface area contributed by atoms with Crippen LogP contribution in [0.3, 0.4) is 0 Å². The first-order valence-corrected chi connectivity index (χ1v) is 24.3. The number of hydrogen-bond acceptors (Lipinski definition) is 7. The van der Waals surface area contributed by atoms with Crippen LogP contribution in [0.4, 0.5) is 70.2 Å². The maximum Gasteiger partial charge on any atom is 0.442 e. The molecule has 0 unspecified atom stereocenters. The standard InChI is InChI=1S/C53H34F16O7S2/c1-30-3-7-32(8-4-30)45(70)33-9-19-38(20-10-33)74-39-21-13-35(14-22-39)47(50(60,61)62,51(63,64)65)36-15-23-40(24-16-36)75-42-27-28-44(77-52(66,67)53(68,69)78(71,72)73)43(29-42)76-41-25-17-37(18-26-41)46(48(54,55)56,49(57,58)59)34-11-5-31(2)6-12-34/h3-29H,1-2H3,(H,71,72,73). The third kappa shape index (κ3) is 11.1. The predicted octanol–water partition coefficient (Wildman–Crippen LogP) is 16.9. The summed E-state index contributed by atoms with van der Waals surface area (Å²) in [5.74, 6) is -3.55. The molecule has 0 radical (unpaired) electrons. The van der Waals surface area contributed by atoms with Crippen LogP contribution in [0, 0.1) is 13.8 Å². The van der Waals surface area contributed by atoms with Gasteiger partial charge in [0.15, 0.2) is 5.78 Å². The number of ether oxygens (including phenoxy) is 3. The van der Waals surface area contributed by atoms with Crippen LogP contribution in [0.15, 0.2) is 169 Å². The zero-order chi connectivity index (χ0) is 57.7. The third-order valence-corrected chi connectivity index (χ3v) is 14.1. The Morgan fingerprint density at radius 2 is 0.692 bits per heavy atom. The summed E-state index contributed by atoms with van der Waals surface area (Å²) >= 11 is -1.27. The molecule has 0 aliphatic carbocycles. The van der Waals surface area contributed by atoms with Crippen molar-refractivity contribution < 1.29 is 102 Å². The molecule has 7 aromatic rings. The van der Waals surface area contributed by atoms with Crippen LogP contribution in [0.25, 0.3) is 0 Å². The first-order valence-electron chi connectivity index (χ1n) is 22.0. The van der Waals surface area contributed by atoms with Gasteiger partial charge in [-0.15, -0.1) is 0 Å². The van der Waals surface area contributed by atoms with Crippen LogP contribution in [-0.4, -0.2) is 54.0 Å². The van der Waals surface area contributed by atoms with Crippen molar-refractivity contribution in [2.75, 3.05) is 0 Å². The minimum Gasteiger partial charge on any atom is -0.457 e. The highest BCUT2D eigenvalue weighted by Crippen LogP contribution is 2.59. The van der Waals surface area contributed by atoms with Crippen molar-refractivity contribution in [3.63, 3.8) is 0 Å². The second kappa shape index (κ2) is 20.8. The van der Waals surface area contributed by atoms with Gasteiger partial charge < -0.3 is 14.2 Å². The fraction of sp³-hybridized carbons (Fsp3) is 0.189. The molecule has 78 heavy (non-hydrogen) atoms. The van der Waals surface area contributed by atoms with Crippen LogP contribution in [0.2, 0.25) is 0 Å². The van der Waals surface area contributed by atoms with E-state index in [1.54, 1.807) is 24.3 Å². The summed E-state index contributed by atoms with van der Waals surface area (Å²) in [5, 5.41) is -12.0. The quantitative estimate of drug-likeness (QED) is 0.0442. The highest BCUT2D eigenvalue weighted by molar-refractivity contribution is 8.01. The Hall–Kier alpha value is -7.25. The molecule has 25 heteroatoms. The minimum atomic E-state index is -6.85. The van der Waals surface area contributed by atoms with Crippen LogP contribution in [-0.2, 0) is 20.9 Å². The molecule has 0 aliphatic rings. The third-order valence-electron chi connectivity index (χ3n) is 12.0. The Balaban J connectivity index is 1.20. The molecule has 0 saturated heterocycles. The van der Waals surface area contributed by atoms with Crippen molar-refractivity contribution in [1.82, 2.24) is 0 Å². The van der Waals surface area contributed by atoms with E-state index in [1.807, 2.05) is 6.92 Å². The molecule has 0 spiro atoms. The van der Waals surface area contributed by atoms with Crippen LogP contribution < -0.4 is 14.2 Å². The van der Waals surface area contributed by atoms with E-state index in [9.17, 15) is 57.1 Å². The van der Waals surface area contributed by atoms with Gasteiger partial charge in [-0.1, -0.05) is 96.1 Å². The number of halogens is 16. The van der Waals surface area contributed by atoms with E-state index in [1.165, 1.54) is 31.2 Å². The van der Waals surface area contributed by atoms with Gasteiger partial charge in [0.25, 0.3) is 0 Å². The van der Waals surface area contributed by atoms with Crippen LogP contribution in [0.1, 0.15) is 49.3 Å². The van der Waals surface area contributed by atoms with Crippen molar-refractivity contribution in [2.45, 2.75) is 64.8 Å². The highest BCUT2D eigenvalue weighted by atomic mass is 32.2. The van der Waals surface area contributed by atoms with Gasteiger partial charge in [-0.05, 0) is 121 Å². The summed E-state index contributed by atoms with van der Waals surface area (Å²) < 4.78 is 286. The highest BCUT2D eigenvalue weighted by Gasteiger charge is 2.74. The second-order valence-corrected chi connectivity index (χ2v) is 19.8. The van der Waals surface area contributed by atoms with E-state index < -0.39 is 118 Å². The first kappa shape index (κ1) is 58.4. The van der Waals surface area contributed by atoms with Gasteiger partial charge in [-0.2, -0.15) is 78.7 Å². The Morgan fingerprint density at radius 1 is 0.410 bits per heavy atom. The molecule has 412 valence electrons. The van der Waals surface area contributed by atoms with Gasteiger partial charge >= 0.3 is 45.3 Å². The maximum absolute atomic E-state index is 15.1. The lowest BCUT2D eigenvalue weighted by Crippen LogP contribution is -2.54. The number of aryl methyl sites for hydroxylation is 2. The van der Waals surface area contributed by atoms with Gasteiger partial charge in [-0.3, -0.25) is 9.35 Å². The number of thioether (sulfide) groups is 1. The van der Waals surface area contributed by atoms with Crippen molar-refractivity contribution in [2.24, 2.45) is 0 Å². The van der Waals surface area contributed by atoms with E-state index >= 15 is 26.3 Å². The average molecular weight is 1150 g/mol. The summed E-state index contributed by atoms with van der Waals surface area (Å²) in [5.41, 5.74) is -13.0. The van der Waals surface area contributed by atoms with Crippen molar-refractivity contribution in [1.29, 1.82) is 0 Å². The molecule has 1 N–H and O–H groups in total. The van der Waals surface area contributed by atoms with E-state index in [2.05, 4.69) is 0 Å². The molecule has 0 heterocycles. The maximum atomic E-state index is 15.1.